The van der Waals surface area contributed by atoms with E-state index in [1.54, 1.807) is 6.92 Å². The Labute approximate surface area is 155 Å². The average Bonchev–Trinajstić information content (AvgIpc) is 3.24. The Morgan fingerprint density at radius 2 is 1.85 bits per heavy atom. The second-order valence-corrected chi connectivity index (χ2v) is 6.02. The first-order chi connectivity index (χ1) is 13.2. The van der Waals surface area contributed by atoms with Gasteiger partial charge in [-0.05, 0) is 17.7 Å². The normalized spacial score (nSPS) is 10.9. The lowest BCUT2D eigenvalue weighted by atomic mass is 10.2. The van der Waals surface area contributed by atoms with E-state index in [0.717, 1.165) is 16.6 Å². The number of imidazole rings is 1. The summed E-state index contributed by atoms with van der Waals surface area (Å²) in [4.78, 5) is 17.1. The van der Waals surface area contributed by atoms with Crippen LogP contribution in [0, 0.1) is 6.92 Å². The molecule has 136 valence electrons. The second-order valence-electron chi connectivity index (χ2n) is 6.02. The van der Waals surface area contributed by atoms with Gasteiger partial charge in [0, 0.05) is 13.5 Å². The van der Waals surface area contributed by atoms with Crippen molar-refractivity contribution in [2.24, 2.45) is 0 Å². The first kappa shape index (κ1) is 16.8. The Morgan fingerprint density at radius 3 is 2.63 bits per heavy atom. The van der Waals surface area contributed by atoms with Crippen molar-refractivity contribution in [2.45, 2.75) is 20.0 Å². The molecule has 8 heteroatoms. The standard InChI is InChI=1S/C19H18N6O2/c1-13-23-24-19(27-13)22-17(26)12-25-16-10-6-5-9-15(16)21-18(25)20-11-14-7-3-2-4-8-14/h2-10H,11-12H2,1H3,(H,20,21)(H,22,24,26). The number of nitrogens with one attached hydrogen (secondary N) is 2. The van der Waals surface area contributed by atoms with Crippen LogP contribution in [0.15, 0.2) is 59.0 Å². The van der Waals surface area contributed by atoms with Crippen LogP contribution in [-0.4, -0.2) is 25.7 Å². The van der Waals surface area contributed by atoms with Crippen LogP contribution in [0.5, 0.6) is 0 Å². The van der Waals surface area contributed by atoms with Gasteiger partial charge in [-0.2, -0.15) is 0 Å². The van der Waals surface area contributed by atoms with Crippen molar-refractivity contribution in [1.82, 2.24) is 19.7 Å². The second kappa shape index (κ2) is 7.28. The molecule has 0 fully saturated rings. The average molecular weight is 362 g/mol. The molecule has 0 bridgehead atoms. The molecule has 0 aliphatic heterocycles. The summed E-state index contributed by atoms with van der Waals surface area (Å²) in [7, 11) is 0. The van der Waals surface area contributed by atoms with Crippen LogP contribution in [0.25, 0.3) is 11.0 Å². The number of aryl methyl sites for hydroxylation is 1. The summed E-state index contributed by atoms with van der Waals surface area (Å²) in [5.41, 5.74) is 2.81. The van der Waals surface area contributed by atoms with Crippen LogP contribution < -0.4 is 10.6 Å². The fourth-order valence-electron chi connectivity index (χ4n) is 2.80. The summed E-state index contributed by atoms with van der Waals surface area (Å²) in [6.07, 6.45) is 0. The third kappa shape index (κ3) is 3.79. The van der Waals surface area contributed by atoms with Crippen LogP contribution in [0.2, 0.25) is 0 Å². The predicted molar refractivity (Wildman–Crippen MR) is 101 cm³/mol. The third-order valence-electron chi connectivity index (χ3n) is 4.02. The van der Waals surface area contributed by atoms with Gasteiger partial charge in [0.25, 0.3) is 0 Å². The van der Waals surface area contributed by atoms with Crippen molar-refractivity contribution in [3.63, 3.8) is 0 Å². The van der Waals surface area contributed by atoms with Gasteiger partial charge in [-0.25, -0.2) is 4.98 Å². The molecule has 0 saturated heterocycles. The van der Waals surface area contributed by atoms with Crippen molar-refractivity contribution >= 4 is 28.9 Å². The molecular weight excluding hydrogens is 344 g/mol. The first-order valence-corrected chi connectivity index (χ1v) is 8.52. The number of nitrogens with zero attached hydrogens (tertiary/aromatic N) is 4. The number of para-hydroxylation sites is 2. The molecule has 0 atom stereocenters. The number of aromatic nitrogens is 4. The molecular formula is C19H18N6O2. The number of amides is 1. The fraction of sp³-hybridized carbons (Fsp3) is 0.158. The molecule has 0 radical (unpaired) electrons. The fourth-order valence-corrected chi connectivity index (χ4v) is 2.80. The summed E-state index contributed by atoms with van der Waals surface area (Å²) in [5, 5.41) is 13.4. The lowest BCUT2D eigenvalue weighted by molar-refractivity contribution is -0.116. The molecule has 2 aromatic carbocycles. The van der Waals surface area contributed by atoms with Crippen molar-refractivity contribution in [2.75, 3.05) is 10.6 Å². The highest BCUT2D eigenvalue weighted by molar-refractivity contribution is 5.90. The van der Waals surface area contributed by atoms with Crippen molar-refractivity contribution < 1.29 is 9.21 Å². The molecule has 0 saturated carbocycles. The largest absolute Gasteiger partial charge is 0.408 e. The summed E-state index contributed by atoms with van der Waals surface area (Å²) < 4.78 is 7.03. The minimum absolute atomic E-state index is 0.0685. The van der Waals surface area contributed by atoms with Crippen LogP contribution in [0.3, 0.4) is 0 Å². The Hall–Kier alpha value is -3.68. The SMILES string of the molecule is Cc1nnc(NC(=O)Cn2c(NCc3ccccc3)nc3ccccc32)o1. The van der Waals surface area contributed by atoms with Crippen LogP contribution in [-0.2, 0) is 17.9 Å². The molecule has 1 amide bonds. The topological polar surface area (TPSA) is 97.9 Å². The van der Waals surface area contributed by atoms with E-state index in [4.69, 9.17) is 4.42 Å². The van der Waals surface area contributed by atoms with E-state index in [-0.39, 0.29) is 18.5 Å². The Morgan fingerprint density at radius 1 is 1.07 bits per heavy atom. The maximum absolute atomic E-state index is 12.4. The van der Waals surface area contributed by atoms with Gasteiger partial charge < -0.3 is 14.3 Å². The lowest BCUT2D eigenvalue weighted by Gasteiger charge is -2.10. The highest BCUT2D eigenvalue weighted by Crippen LogP contribution is 2.20. The van der Waals surface area contributed by atoms with Gasteiger partial charge in [-0.3, -0.25) is 10.1 Å². The lowest BCUT2D eigenvalue weighted by Crippen LogP contribution is -2.20. The highest BCUT2D eigenvalue weighted by atomic mass is 16.4. The number of fused-ring (bicyclic) bond motifs is 1. The zero-order chi connectivity index (χ0) is 18.6. The number of carbonyl (C=O) groups is 1. The summed E-state index contributed by atoms with van der Waals surface area (Å²) in [6.45, 7) is 2.34. The predicted octanol–water partition coefficient (Wildman–Crippen LogP) is 2.98. The number of rotatable bonds is 6. The zero-order valence-corrected chi connectivity index (χ0v) is 14.7. The van der Waals surface area contributed by atoms with E-state index < -0.39 is 0 Å². The van der Waals surface area contributed by atoms with E-state index >= 15 is 0 Å². The number of hydrogen-bond acceptors (Lipinski definition) is 6. The number of carbonyl (C=O) groups excluding carboxylic acids is 1. The van der Waals surface area contributed by atoms with E-state index in [1.807, 2.05) is 59.2 Å². The van der Waals surface area contributed by atoms with Gasteiger partial charge in [0.15, 0.2) is 0 Å². The molecule has 0 spiro atoms. The Balaban J connectivity index is 1.56. The number of hydrogen-bond donors (Lipinski definition) is 2. The summed E-state index contributed by atoms with van der Waals surface area (Å²) in [5.74, 6) is 0.741. The number of benzene rings is 2. The molecule has 0 aliphatic rings. The minimum Gasteiger partial charge on any atom is -0.408 e. The van der Waals surface area contributed by atoms with Crippen LogP contribution in [0.1, 0.15) is 11.5 Å². The van der Waals surface area contributed by atoms with Gasteiger partial charge in [-0.1, -0.05) is 47.6 Å². The molecule has 0 unspecified atom stereocenters. The molecule has 8 nitrogen and oxygen atoms in total. The van der Waals surface area contributed by atoms with Gasteiger partial charge >= 0.3 is 6.01 Å². The molecule has 4 aromatic rings. The van der Waals surface area contributed by atoms with Gasteiger partial charge in [0.05, 0.1) is 11.0 Å². The van der Waals surface area contributed by atoms with Crippen molar-refractivity contribution in [3.8, 4) is 0 Å². The molecule has 4 rings (SSSR count). The summed E-state index contributed by atoms with van der Waals surface area (Å²) in [6, 6.07) is 17.8. The quantitative estimate of drug-likeness (QED) is 0.547. The molecule has 2 heterocycles. The number of anilines is 2. The maximum Gasteiger partial charge on any atom is 0.322 e. The van der Waals surface area contributed by atoms with E-state index in [9.17, 15) is 4.79 Å². The zero-order valence-electron chi connectivity index (χ0n) is 14.7. The maximum atomic E-state index is 12.4. The molecule has 2 N–H and O–H groups in total. The Bertz CT molecular complexity index is 1070. The monoisotopic (exact) mass is 362 g/mol. The third-order valence-corrected chi connectivity index (χ3v) is 4.02. The van der Waals surface area contributed by atoms with Gasteiger partial charge in [0.1, 0.15) is 6.54 Å². The van der Waals surface area contributed by atoms with Crippen molar-refractivity contribution in [3.05, 3.63) is 66.1 Å². The summed E-state index contributed by atoms with van der Waals surface area (Å²) >= 11 is 0. The molecule has 2 aromatic heterocycles. The first-order valence-electron chi connectivity index (χ1n) is 8.52. The highest BCUT2D eigenvalue weighted by Gasteiger charge is 2.15. The van der Waals surface area contributed by atoms with Gasteiger partial charge in [-0.15, -0.1) is 5.10 Å². The smallest absolute Gasteiger partial charge is 0.322 e. The molecule has 27 heavy (non-hydrogen) atoms. The minimum atomic E-state index is -0.274. The van der Waals surface area contributed by atoms with E-state index in [2.05, 4.69) is 25.8 Å². The van der Waals surface area contributed by atoms with E-state index in [0.29, 0.717) is 18.4 Å². The molecule has 0 aliphatic carbocycles. The van der Waals surface area contributed by atoms with Crippen LogP contribution >= 0.6 is 0 Å². The van der Waals surface area contributed by atoms with E-state index in [1.165, 1.54) is 0 Å². The van der Waals surface area contributed by atoms with Gasteiger partial charge in [0.2, 0.25) is 17.7 Å². The Kier molecular flexibility index (Phi) is 4.52. The van der Waals surface area contributed by atoms with Crippen LogP contribution in [0.4, 0.5) is 12.0 Å². The van der Waals surface area contributed by atoms with Crippen molar-refractivity contribution in [1.29, 1.82) is 0 Å².